The summed E-state index contributed by atoms with van der Waals surface area (Å²) in [4.78, 5) is 0. The van der Waals surface area contributed by atoms with E-state index in [4.69, 9.17) is 4.74 Å². The van der Waals surface area contributed by atoms with Gasteiger partial charge in [-0.05, 0) is 38.0 Å². The fourth-order valence-corrected chi connectivity index (χ4v) is 2.74. The second-order valence-electron chi connectivity index (χ2n) is 5.14. The van der Waals surface area contributed by atoms with Gasteiger partial charge in [-0.1, -0.05) is 15.9 Å². The molecule has 0 amide bonds. The van der Waals surface area contributed by atoms with Gasteiger partial charge in [0.25, 0.3) is 0 Å². The van der Waals surface area contributed by atoms with E-state index in [1.54, 1.807) is 18.2 Å². The first-order valence-electron chi connectivity index (χ1n) is 6.56. The van der Waals surface area contributed by atoms with Crippen LogP contribution in [0.25, 0.3) is 0 Å². The van der Waals surface area contributed by atoms with E-state index in [1.807, 2.05) is 0 Å². The number of rotatable bonds is 6. The molecule has 0 aromatic heterocycles. The number of nitrogens with one attached hydrogen (secondary N) is 1. The number of alkyl halides is 2. The molecule has 0 bridgehead atoms. The molecule has 6 heteroatoms. The number of hydrogen-bond acceptors (Lipinski definition) is 3. The van der Waals surface area contributed by atoms with Gasteiger partial charge >= 0.3 is 6.61 Å². The predicted molar refractivity (Wildman–Crippen MR) is 76.1 cm³/mol. The van der Waals surface area contributed by atoms with Gasteiger partial charge < -0.3 is 14.8 Å². The lowest BCUT2D eigenvalue weighted by Gasteiger charge is -2.23. The number of hydrogen-bond donors (Lipinski definition) is 1. The lowest BCUT2D eigenvalue weighted by molar-refractivity contribution is -0.0505. The van der Waals surface area contributed by atoms with Crippen LogP contribution in [0.1, 0.15) is 25.3 Å². The van der Waals surface area contributed by atoms with E-state index in [-0.39, 0.29) is 11.4 Å². The van der Waals surface area contributed by atoms with Gasteiger partial charge in [-0.15, -0.1) is 0 Å². The van der Waals surface area contributed by atoms with Crippen LogP contribution in [0.2, 0.25) is 0 Å². The maximum atomic E-state index is 12.4. The molecule has 1 aliphatic heterocycles. The highest BCUT2D eigenvalue weighted by Crippen LogP contribution is 2.26. The van der Waals surface area contributed by atoms with Crippen LogP contribution in [0, 0.1) is 0 Å². The molecule has 3 nitrogen and oxygen atoms in total. The Balaban J connectivity index is 1.95. The molecule has 20 heavy (non-hydrogen) atoms. The zero-order chi connectivity index (χ0) is 14.6. The largest absolute Gasteiger partial charge is 0.434 e. The van der Waals surface area contributed by atoms with Crippen LogP contribution in [-0.2, 0) is 11.3 Å². The predicted octanol–water partition coefficient (Wildman–Crippen LogP) is 3.71. The van der Waals surface area contributed by atoms with Crippen molar-refractivity contribution in [1.29, 1.82) is 0 Å². The molecule has 0 spiro atoms. The first kappa shape index (κ1) is 15.7. The molecule has 1 fully saturated rings. The molecule has 1 aliphatic rings. The third-order valence-corrected chi connectivity index (χ3v) is 3.85. The van der Waals surface area contributed by atoms with Crippen LogP contribution in [-0.4, -0.2) is 25.4 Å². The topological polar surface area (TPSA) is 30.5 Å². The maximum absolute atomic E-state index is 12.4. The summed E-state index contributed by atoms with van der Waals surface area (Å²) in [6.07, 6.45) is 2.08. The Morgan fingerprint density at radius 3 is 2.95 bits per heavy atom. The molecule has 1 heterocycles. The molecule has 0 radical (unpaired) electrons. The van der Waals surface area contributed by atoms with Crippen LogP contribution >= 0.6 is 15.9 Å². The van der Waals surface area contributed by atoms with Crippen molar-refractivity contribution in [2.24, 2.45) is 0 Å². The molecule has 1 N–H and O–H groups in total. The van der Waals surface area contributed by atoms with E-state index >= 15 is 0 Å². The lowest BCUT2D eigenvalue weighted by Crippen LogP contribution is -2.36. The van der Waals surface area contributed by atoms with Gasteiger partial charge in [0.2, 0.25) is 0 Å². The minimum absolute atomic E-state index is 0.157. The number of benzene rings is 1. The summed E-state index contributed by atoms with van der Waals surface area (Å²) in [7, 11) is 0. The van der Waals surface area contributed by atoms with Crippen LogP contribution in [0.3, 0.4) is 0 Å². The first-order chi connectivity index (χ1) is 9.48. The van der Waals surface area contributed by atoms with Gasteiger partial charge in [0, 0.05) is 29.7 Å². The summed E-state index contributed by atoms with van der Waals surface area (Å²) < 4.78 is 35.7. The Morgan fingerprint density at radius 1 is 1.50 bits per heavy atom. The normalized spacial score (nSPS) is 22.4. The van der Waals surface area contributed by atoms with Crippen molar-refractivity contribution in [3.8, 4) is 5.75 Å². The Labute approximate surface area is 125 Å². The summed E-state index contributed by atoms with van der Waals surface area (Å²) >= 11 is 3.34. The van der Waals surface area contributed by atoms with Crippen molar-refractivity contribution in [3.63, 3.8) is 0 Å². The van der Waals surface area contributed by atoms with E-state index < -0.39 is 6.61 Å². The van der Waals surface area contributed by atoms with Crippen molar-refractivity contribution in [2.75, 3.05) is 13.2 Å². The third kappa shape index (κ3) is 4.40. The van der Waals surface area contributed by atoms with Crippen molar-refractivity contribution in [1.82, 2.24) is 5.32 Å². The van der Waals surface area contributed by atoms with Gasteiger partial charge in [0.05, 0.1) is 5.60 Å². The molecule has 0 aliphatic carbocycles. The van der Waals surface area contributed by atoms with E-state index in [1.165, 1.54) is 0 Å². The molecular formula is C14H18BrF2NO2. The fourth-order valence-electron chi connectivity index (χ4n) is 2.33. The smallest absolute Gasteiger partial charge is 0.387 e. The summed E-state index contributed by atoms with van der Waals surface area (Å²) in [5.74, 6) is 0.202. The standard InChI is InChI=1S/C14H18BrF2NO2/c1-14(5-2-6-19-14)9-18-8-10-7-11(15)3-4-12(10)20-13(16)17/h3-4,7,13,18H,2,5-6,8-9H2,1H3. The minimum atomic E-state index is -2.81. The van der Waals surface area contributed by atoms with Crippen molar-refractivity contribution in [3.05, 3.63) is 28.2 Å². The molecule has 112 valence electrons. The fraction of sp³-hybridized carbons (Fsp3) is 0.571. The molecule has 0 saturated carbocycles. The molecule has 1 atom stereocenters. The van der Waals surface area contributed by atoms with Crippen LogP contribution < -0.4 is 10.1 Å². The van der Waals surface area contributed by atoms with E-state index in [9.17, 15) is 8.78 Å². The number of halogens is 3. The van der Waals surface area contributed by atoms with Crippen LogP contribution in [0.15, 0.2) is 22.7 Å². The summed E-state index contributed by atoms with van der Waals surface area (Å²) in [5, 5.41) is 3.25. The van der Waals surface area contributed by atoms with Crippen molar-refractivity contribution >= 4 is 15.9 Å². The highest BCUT2D eigenvalue weighted by Gasteiger charge is 2.29. The van der Waals surface area contributed by atoms with Crippen LogP contribution in [0.5, 0.6) is 5.75 Å². The van der Waals surface area contributed by atoms with Gasteiger partial charge in [-0.3, -0.25) is 0 Å². The Morgan fingerprint density at radius 2 is 2.30 bits per heavy atom. The zero-order valence-corrected chi connectivity index (χ0v) is 12.9. The molecule has 2 rings (SSSR count). The quantitative estimate of drug-likeness (QED) is 0.849. The maximum Gasteiger partial charge on any atom is 0.387 e. The Bertz CT molecular complexity index is 451. The molecule has 1 aromatic rings. The second kappa shape index (κ2) is 6.83. The van der Waals surface area contributed by atoms with Crippen molar-refractivity contribution < 1.29 is 18.3 Å². The SMILES string of the molecule is CC1(CNCc2cc(Br)ccc2OC(F)F)CCCO1. The first-order valence-corrected chi connectivity index (χ1v) is 7.36. The zero-order valence-electron chi connectivity index (χ0n) is 11.3. The van der Waals surface area contributed by atoms with Gasteiger partial charge in [0.1, 0.15) is 5.75 Å². The average molecular weight is 350 g/mol. The molecular weight excluding hydrogens is 332 g/mol. The highest BCUT2D eigenvalue weighted by molar-refractivity contribution is 9.10. The number of ether oxygens (including phenoxy) is 2. The van der Waals surface area contributed by atoms with Crippen LogP contribution in [0.4, 0.5) is 8.78 Å². The average Bonchev–Trinajstić information content (AvgIpc) is 2.79. The van der Waals surface area contributed by atoms with E-state index in [2.05, 4.69) is 32.9 Å². The monoisotopic (exact) mass is 349 g/mol. The Kier molecular flexibility index (Phi) is 5.35. The van der Waals surface area contributed by atoms with Gasteiger partial charge in [-0.2, -0.15) is 8.78 Å². The summed E-state index contributed by atoms with van der Waals surface area (Å²) in [6, 6.07) is 5.01. The lowest BCUT2D eigenvalue weighted by atomic mass is 10.0. The van der Waals surface area contributed by atoms with Crippen molar-refractivity contribution in [2.45, 2.75) is 38.5 Å². The summed E-state index contributed by atoms with van der Waals surface area (Å²) in [5.41, 5.74) is 0.539. The summed E-state index contributed by atoms with van der Waals surface area (Å²) in [6.45, 7) is 1.18. The van der Waals surface area contributed by atoms with Gasteiger partial charge in [-0.25, -0.2) is 0 Å². The second-order valence-corrected chi connectivity index (χ2v) is 6.05. The highest BCUT2D eigenvalue weighted by atomic mass is 79.9. The Hall–Kier alpha value is -0.720. The van der Waals surface area contributed by atoms with E-state index in [0.717, 1.165) is 23.9 Å². The molecule has 1 aromatic carbocycles. The van der Waals surface area contributed by atoms with Gasteiger partial charge in [0.15, 0.2) is 0 Å². The van der Waals surface area contributed by atoms with E-state index in [0.29, 0.717) is 18.7 Å². The molecule has 1 saturated heterocycles. The minimum Gasteiger partial charge on any atom is -0.434 e. The molecule has 1 unspecified atom stereocenters. The third-order valence-electron chi connectivity index (χ3n) is 3.35.